The Labute approximate surface area is 165 Å². The summed E-state index contributed by atoms with van der Waals surface area (Å²) in [5.41, 5.74) is 0.948. The molecule has 0 atom stereocenters. The minimum Gasteiger partial charge on any atom is -0.217 e. The molecule has 28 heavy (non-hydrogen) atoms. The average molecular weight is 395 g/mol. The van der Waals surface area contributed by atoms with Crippen molar-refractivity contribution in [2.75, 3.05) is 0 Å². The van der Waals surface area contributed by atoms with Crippen LogP contribution in [0.4, 0.5) is 8.78 Å². The number of aromatic nitrogens is 3. The Hall–Kier alpha value is -2.60. The lowest BCUT2D eigenvalue weighted by atomic mass is 9.79. The second kappa shape index (κ2) is 6.78. The normalized spacial score (nSPS) is 16.4. The largest absolute Gasteiger partial charge is 0.248 e. The van der Waals surface area contributed by atoms with Gasteiger partial charge in [-0.05, 0) is 28.8 Å². The van der Waals surface area contributed by atoms with Crippen LogP contribution in [0.3, 0.4) is 0 Å². The third-order valence-corrected chi connectivity index (χ3v) is 6.15. The summed E-state index contributed by atoms with van der Waals surface area (Å²) >= 11 is 1.67. The minimum absolute atomic E-state index is 0.0393. The molecule has 6 heteroatoms. The number of halogens is 2. The summed E-state index contributed by atoms with van der Waals surface area (Å²) in [7, 11) is 0. The standard InChI is InChI=1S/C22H19F2N3S/c23-22(24)13-15(14-22)11-21-25-20(12-17-7-4-10-28-17)26-27(21)19-9-3-6-16-5-1-2-8-18(16)19/h1-10,15H,11-14H2. The number of hydrogen-bond acceptors (Lipinski definition) is 3. The van der Waals surface area contributed by atoms with E-state index in [-0.39, 0.29) is 18.8 Å². The summed E-state index contributed by atoms with van der Waals surface area (Å²) in [5.74, 6) is -1.06. The van der Waals surface area contributed by atoms with E-state index in [2.05, 4.69) is 24.3 Å². The van der Waals surface area contributed by atoms with Gasteiger partial charge in [0.1, 0.15) is 5.82 Å². The average Bonchev–Trinajstić information content (AvgIpc) is 3.30. The van der Waals surface area contributed by atoms with Crippen LogP contribution in [0.2, 0.25) is 0 Å². The zero-order chi connectivity index (χ0) is 19.1. The summed E-state index contributed by atoms with van der Waals surface area (Å²) in [6.07, 6.45) is 1.06. The zero-order valence-corrected chi connectivity index (χ0v) is 16.0. The first-order valence-corrected chi connectivity index (χ1v) is 10.3. The number of benzene rings is 2. The highest BCUT2D eigenvalue weighted by Gasteiger charge is 2.45. The molecule has 4 aromatic rings. The molecule has 1 saturated carbocycles. The van der Waals surface area contributed by atoms with Gasteiger partial charge in [0, 0.05) is 35.9 Å². The Kier molecular flexibility index (Phi) is 4.23. The van der Waals surface area contributed by atoms with Gasteiger partial charge in [-0.15, -0.1) is 11.3 Å². The van der Waals surface area contributed by atoms with Crippen LogP contribution in [0, 0.1) is 5.92 Å². The molecule has 0 amide bonds. The lowest BCUT2D eigenvalue weighted by Gasteiger charge is -2.34. The molecule has 1 aliphatic carbocycles. The molecule has 1 fully saturated rings. The Morgan fingerprint density at radius 3 is 2.64 bits per heavy atom. The topological polar surface area (TPSA) is 30.7 Å². The zero-order valence-electron chi connectivity index (χ0n) is 15.2. The van der Waals surface area contributed by atoms with Crippen molar-refractivity contribution in [3.05, 3.63) is 76.5 Å². The van der Waals surface area contributed by atoms with E-state index in [1.54, 1.807) is 11.3 Å². The predicted molar refractivity (Wildman–Crippen MR) is 107 cm³/mol. The predicted octanol–water partition coefficient (Wildman–Crippen LogP) is 5.66. The molecule has 0 radical (unpaired) electrons. The van der Waals surface area contributed by atoms with Gasteiger partial charge < -0.3 is 0 Å². The first kappa shape index (κ1) is 17.5. The van der Waals surface area contributed by atoms with Gasteiger partial charge in [-0.1, -0.05) is 42.5 Å². The fourth-order valence-corrected chi connectivity index (χ4v) is 4.64. The van der Waals surface area contributed by atoms with Gasteiger partial charge in [-0.3, -0.25) is 0 Å². The van der Waals surface area contributed by atoms with Gasteiger partial charge in [-0.2, -0.15) is 5.10 Å². The monoisotopic (exact) mass is 395 g/mol. The SMILES string of the molecule is FC1(F)CC(Cc2nc(Cc3cccs3)nn2-c2cccc3ccccc23)C1. The van der Waals surface area contributed by atoms with Crippen LogP contribution in [-0.2, 0) is 12.8 Å². The van der Waals surface area contributed by atoms with E-state index in [0.29, 0.717) is 12.8 Å². The van der Waals surface area contributed by atoms with E-state index < -0.39 is 5.92 Å². The number of thiophene rings is 1. The van der Waals surface area contributed by atoms with Crippen molar-refractivity contribution in [1.82, 2.24) is 14.8 Å². The number of rotatable bonds is 5. The summed E-state index contributed by atoms with van der Waals surface area (Å²) in [6.45, 7) is 0. The first-order valence-electron chi connectivity index (χ1n) is 9.41. The van der Waals surface area contributed by atoms with Crippen LogP contribution < -0.4 is 0 Å². The van der Waals surface area contributed by atoms with Gasteiger partial charge in [0.05, 0.1) is 5.69 Å². The van der Waals surface area contributed by atoms with Crippen molar-refractivity contribution >= 4 is 22.1 Å². The van der Waals surface area contributed by atoms with Gasteiger partial charge in [0.2, 0.25) is 5.92 Å². The highest BCUT2D eigenvalue weighted by Crippen LogP contribution is 2.44. The van der Waals surface area contributed by atoms with Crippen LogP contribution in [-0.4, -0.2) is 20.7 Å². The number of hydrogen-bond donors (Lipinski definition) is 0. The molecule has 2 aromatic heterocycles. The molecule has 3 nitrogen and oxygen atoms in total. The smallest absolute Gasteiger partial charge is 0.217 e. The Bertz CT molecular complexity index is 1100. The molecule has 0 unspecified atom stereocenters. The minimum atomic E-state index is -2.52. The Morgan fingerprint density at radius 2 is 1.86 bits per heavy atom. The van der Waals surface area contributed by atoms with E-state index in [1.807, 2.05) is 40.4 Å². The third-order valence-electron chi connectivity index (χ3n) is 5.27. The second-order valence-electron chi connectivity index (χ2n) is 7.44. The van der Waals surface area contributed by atoms with E-state index in [4.69, 9.17) is 10.1 Å². The van der Waals surface area contributed by atoms with Gasteiger partial charge in [0.15, 0.2) is 5.82 Å². The molecule has 0 saturated heterocycles. The fraction of sp³-hybridized carbons (Fsp3) is 0.273. The number of fused-ring (bicyclic) bond motifs is 1. The fourth-order valence-electron chi connectivity index (χ4n) is 3.94. The lowest BCUT2D eigenvalue weighted by molar-refractivity contribution is -0.110. The van der Waals surface area contributed by atoms with Crippen molar-refractivity contribution < 1.29 is 8.78 Å². The maximum absolute atomic E-state index is 13.3. The molecule has 2 heterocycles. The van der Waals surface area contributed by atoms with Crippen molar-refractivity contribution in [1.29, 1.82) is 0 Å². The molecule has 1 aliphatic rings. The molecule has 0 spiro atoms. The van der Waals surface area contributed by atoms with Crippen LogP contribution in [0.15, 0.2) is 60.0 Å². The van der Waals surface area contributed by atoms with Crippen LogP contribution in [0.25, 0.3) is 16.5 Å². The number of alkyl halides is 2. The summed E-state index contributed by atoms with van der Waals surface area (Å²) in [4.78, 5) is 5.94. The summed E-state index contributed by atoms with van der Waals surface area (Å²) in [6, 6.07) is 18.3. The summed E-state index contributed by atoms with van der Waals surface area (Å²) in [5, 5.41) is 9.02. The quantitative estimate of drug-likeness (QED) is 0.436. The molecule has 0 bridgehead atoms. The van der Waals surface area contributed by atoms with Crippen molar-refractivity contribution in [3.63, 3.8) is 0 Å². The molecule has 2 aromatic carbocycles. The molecular formula is C22H19F2N3S. The summed E-state index contributed by atoms with van der Waals surface area (Å²) < 4.78 is 28.5. The van der Waals surface area contributed by atoms with Gasteiger partial charge in [0.25, 0.3) is 0 Å². The molecule has 5 rings (SSSR count). The van der Waals surface area contributed by atoms with Crippen LogP contribution in [0.1, 0.15) is 29.4 Å². The second-order valence-corrected chi connectivity index (χ2v) is 8.48. The molecule has 0 aliphatic heterocycles. The van der Waals surface area contributed by atoms with E-state index in [0.717, 1.165) is 28.1 Å². The number of nitrogens with zero attached hydrogens (tertiary/aromatic N) is 3. The highest BCUT2D eigenvalue weighted by atomic mass is 32.1. The first-order chi connectivity index (χ1) is 13.6. The van der Waals surface area contributed by atoms with E-state index in [9.17, 15) is 8.78 Å². The Morgan fingerprint density at radius 1 is 1.04 bits per heavy atom. The van der Waals surface area contributed by atoms with Crippen molar-refractivity contribution in [3.8, 4) is 5.69 Å². The van der Waals surface area contributed by atoms with E-state index >= 15 is 0 Å². The molecular weight excluding hydrogens is 376 g/mol. The van der Waals surface area contributed by atoms with Gasteiger partial charge >= 0.3 is 0 Å². The van der Waals surface area contributed by atoms with Crippen molar-refractivity contribution in [2.45, 2.75) is 31.6 Å². The van der Waals surface area contributed by atoms with Gasteiger partial charge in [-0.25, -0.2) is 18.4 Å². The van der Waals surface area contributed by atoms with Crippen molar-refractivity contribution in [2.24, 2.45) is 5.92 Å². The van der Waals surface area contributed by atoms with Crippen LogP contribution in [0.5, 0.6) is 0 Å². The lowest BCUT2D eigenvalue weighted by Crippen LogP contribution is -2.36. The van der Waals surface area contributed by atoms with E-state index in [1.165, 1.54) is 4.88 Å². The van der Waals surface area contributed by atoms with Crippen LogP contribution >= 0.6 is 11.3 Å². The highest BCUT2D eigenvalue weighted by molar-refractivity contribution is 7.09. The molecule has 142 valence electrons. The Balaban J connectivity index is 1.55. The molecule has 0 N–H and O–H groups in total. The maximum atomic E-state index is 13.3. The third kappa shape index (κ3) is 3.33. The maximum Gasteiger partial charge on any atom is 0.248 e.